The van der Waals surface area contributed by atoms with E-state index in [1.165, 1.54) is 0 Å². The lowest BCUT2D eigenvalue weighted by Crippen LogP contribution is -2.39. The van der Waals surface area contributed by atoms with Gasteiger partial charge in [0.1, 0.15) is 10.8 Å². The predicted molar refractivity (Wildman–Crippen MR) is 113 cm³/mol. The number of halogens is 4. The Morgan fingerprint density at radius 1 is 1.19 bits per heavy atom. The Kier molecular flexibility index (Phi) is 5.94. The molecule has 1 aromatic carbocycles. The van der Waals surface area contributed by atoms with Gasteiger partial charge in [0, 0.05) is 19.5 Å². The molecule has 1 saturated carbocycles. The normalized spacial score (nSPS) is 22.0. The van der Waals surface area contributed by atoms with Gasteiger partial charge in [0.05, 0.1) is 6.04 Å². The van der Waals surface area contributed by atoms with E-state index >= 15 is 0 Å². The summed E-state index contributed by atoms with van der Waals surface area (Å²) in [4.78, 5) is 14.7. The highest BCUT2D eigenvalue weighted by Gasteiger charge is 2.48. The van der Waals surface area contributed by atoms with Crippen molar-refractivity contribution in [1.82, 2.24) is 14.7 Å². The molecule has 5 nitrogen and oxygen atoms in total. The van der Waals surface area contributed by atoms with Crippen LogP contribution in [-0.2, 0) is 0 Å². The second-order valence-electron chi connectivity index (χ2n) is 8.56. The largest absolute Gasteiger partial charge is 0.410 e. The van der Waals surface area contributed by atoms with E-state index in [4.69, 9.17) is 11.6 Å². The minimum absolute atomic E-state index is 0.0428. The highest BCUT2D eigenvalue weighted by atomic mass is 35.5. The summed E-state index contributed by atoms with van der Waals surface area (Å²) in [7, 11) is 1.68. The zero-order chi connectivity index (χ0) is 22.3. The lowest BCUT2D eigenvalue weighted by molar-refractivity contribution is -0.173. The van der Waals surface area contributed by atoms with Crippen molar-refractivity contribution in [2.45, 2.75) is 69.8 Å². The zero-order valence-corrected chi connectivity index (χ0v) is 18.3. The van der Waals surface area contributed by atoms with Gasteiger partial charge in [0.25, 0.3) is 5.91 Å². The molecule has 1 aliphatic carbocycles. The van der Waals surface area contributed by atoms with Crippen LogP contribution >= 0.6 is 11.6 Å². The Labute approximate surface area is 184 Å². The van der Waals surface area contributed by atoms with E-state index < -0.39 is 24.2 Å². The van der Waals surface area contributed by atoms with E-state index in [1.807, 2.05) is 31.2 Å². The molecule has 1 N–H and O–H groups in total. The SMILES string of the molecule is Cc1ccc(C2CC(C(F)(F)F)n3nc(C(=O)N(C)C4CCCCC4)c(Cl)c3N2)cc1. The number of nitrogens with zero attached hydrogens (tertiary/aromatic N) is 3. The topological polar surface area (TPSA) is 50.2 Å². The Morgan fingerprint density at radius 3 is 2.45 bits per heavy atom. The molecule has 1 aliphatic heterocycles. The number of alkyl halides is 3. The summed E-state index contributed by atoms with van der Waals surface area (Å²) < 4.78 is 42.7. The molecule has 2 unspecified atom stereocenters. The fraction of sp³-hybridized carbons (Fsp3) is 0.545. The molecule has 168 valence electrons. The Bertz CT molecular complexity index is 951. The standard InChI is InChI=1S/C22H26ClF3N4O/c1-13-8-10-14(11-9-13)16-12-17(22(24,25)26)30-20(27-16)18(23)19(28-30)21(31)29(2)15-6-4-3-5-7-15/h8-11,15-17,27H,3-7,12H2,1-2H3. The van der Waals surface area contributed by atoms with Gasteiger partial charge in [0.2, 0.25) is 0 Å². The van der Waals surface area contributed by atoms with Crippen LogP contribution < -0.4 is 5.32 Å². The van der Waals surface area contributed by atoms with Crippen LogP contribution in [0.3, 0.4) is 0 Å². The molecular formula is C22H26ClF3N4O. The van der Waals surface area contributed by atoms with Gasteiger partial charge >= 0.3 is 6.18 Å². The number of benzene rings is 1. The van der Waals surface area contributed by atoms with Gasteiger partial charge in [0.15, 0.2) is 11.7 Å². The molecule has 2 atom stereocenters. The van der Waals surface area contributed by atoms with Crippen LogP contribution in [-0.4, -0.2) is 39.9 Å². The first-order valence-corrected chi connectivity index (χ1v) is 11.0. The van der Waals surface area contributed by atoms with Crippen LogP contribution in [0.5, 0.6) is 0 Å². The van der Waals surface area contributed by atoms with Gasteiger partial charge in [-0.25, -0.2) is 4.68 Å². The summed E-state index contributed by atoms with van der Waals surface area (Å²) in [5.74, 6) is -0.394. The quantitative estimate of drug-likeness (QED) is 0.627. The Morgan fingerprint density at radius 2 is 1.84 bits per heavy atom. The molecule has 0 saturated heterocycles. The first kappa shape index (κ1) is 22.0. The van der Waals surface area contributed by atoms with E-state index in [9.17, 15) is 18.0 Å². The fourth-order valence-corrected chi connectivity index (χ4v) is 4.80. The minimum atomic E-state index is -4.52. The summed E-state index contributed by atoms with van der Waals surface area (Å²) in [5, 5.41) is 7.11. The van der Waals surface area contributed by atoms with Gasteiger partial charge < -0.3 is 10.2 Å². The van der Waals surface area contributed by atoms with Gasteiger partial charge in [-0.2, -0.15) is 18.3 Å². The van der Waals surface area contributed by atoms with Gasteiger partial charge in [-0.05, 0) is 25.3 Å². The third kappa shape index (κ3) is 4.27. The molecule has 2 aliphatic rings. The predicted octanol–water partition coefficient (Wildman–Crippen LogP) is 5.91. The number of anilines is 1. The Hall–Kier alpha value is -2.22. The molecule has 0 bridgehead atoms. The molecule has 4 rings (SSSR count). The molecule has 9 heteroatoms. The van der Waals surface area contributed by atoms with E-state index in [0.29, 0.717) is 0 Å². The van der Waals surface area contributed by atoms with Crippen molar-refractivity contribution in [1.29, 1.82) is 0 Å². The van der Waals surface area contributed by atoms with E-state index in [-0.39, 0.29) is 29.0 Å². The zero-order valence-electron chi connectivity index (χ0n) is 17.5. The molecule has 1 fully saturated rings. The number of carbonyl (C=O) groups excluding carboxylic acids is 1. The van der Waals surface area contributed by atoms with Crippen molar-refractivity contribution in [2.24, 2.45) is 0 Å². The summed E-state index contributed by atoms with van der Waals surface area (Å²) in [6.07, 6.45) is 0.208. The molecule has 31 heavy (non-hydrogen) atoms. The lowest BCUT2D eigenvalue weighted by Gasteiger charge is -2.33. The smallest absolute Gasteiger partial charge is 0.362 e. The minimum Gasteiger partial charge on any atom is -0.362 e. The second kappa shape index (κ2) is 8.37. The van der Waals surface area contributed by atoms with Crippen LogP contribution in [0.1, 0.15) is 72.2 Å². The summed E-state index contributed by atoms with van der Waals surface area (Å²) in [6.45, 7) is 1.92. The molecular weight excluding hydrogens is 429 g/mol. The number of nitrogens with one attached hydrogen (secondary N) is 1. The first-order valence-electron chi connectivity index (χ1n) is 10.6. The van der Waals surface area contributed by atoms with Crippen molar-refractivity contribution >= 4 is 23.3 Å². The maximum Gasteiger partial charge on any atom is 0.410 e. The maximum atomic E-state index is 13.9. The van der Waals surface area contributed by atoms with Gasteiger partial charge in [-0.3, -0.25) is 4.79 Å². The third-order valence-corrected chi connectivity index (χ3v) is 6.78. The number of fused-ring (bicyclic) bond motifs is 1. The number of carbonyl (C=O) groups is 1. The third-order valence-electron chi connectivity index (χ3n) is 6.42. The summed E-state index contributed by atoms with van der Waals surface area (Å²) in [5.41, 5.74) is 1.63. The maximum absolute atomic E-state index is 13.9. The molecule has 0 radical (unpaired) electrons. The fourth-order valence-electron chi connectivity index (χ4n) is 4.54. The van der Waals surface area contributed by atoms with E-state index in [1.54, 1.807) is 11.9 Å². The van der Waals surface area contributed by atoms with Crippen LogP contribution in [0.15, 0.2) is 24.3 Å². The average Bonchev–Trinajstić information content (AvgIpc) is 3.09. The summed E-state index contributed by atoms with van der Waals surface area (Å²) >= 11 is 6.45. The van der Waals surface area contributed by atoms with E-state index in [0.717, 1.165) is 47.9 Å². The van der Waals surface area contributed by atoms with E-state index in [2.05, 4.69) is 10.4 Å². The molecule has 2 heterocycles. The number of aryl methyl sites for hydroxylation is 1. The second-order valence-corrected chi connectivity index (χ2v) is 8.94. The van der Waals surface area contributed by atoms with Crippen molar-refractivity contribution in [2.75, 3.05) is 12.4 Å². The van der Waals surface area contributed by atoms with Crippen molar-refractivity contribution < 1.29 is 18.0 Å². The van der Waals surface area contributed by atoms with Crippen LogP contribution in [0.25, 0.3) is 0 Å². The van der Waals surface area contributed by atoms with Crippen LogP contribution in [0.4, 0.5) is 19.0 Å². The highest BCUT2D eigenvalue weighted by molar-refractivity contribution is 6.36. The lowest BCUT2D eigenvalue weighted by atomic mass is 9.94. The monoisotopic (exact) mass is 454 g/mol. The summed E-state index contributed by atoms with van der Waals surface area (Å²) in [6, 6.07) is 4.94. The number of aromatic nitrogens is 2. The molecule has 1 aromatic heterocycles. The number of hydrogen-bond acceptors (Lipinski definition) is 3. The molecule has 0 spiro atoms. The molecule has 1 amide bonds. The van der Waals surface area contributed by atoms with Crippen molar-refractivity contribution in [3.63, 3.8) is 0 Å². The van der Waals surface area contributed by atoms with Crippen LogP contribution in [0, 0.1) is 6.92 Å². The number of amides is 1. The van der Waals surface area contributed by atoms with Crippen LogP contribution in [0.2, 0.25) is 5.02 Å². The average molecular weight is 455 g/mol. The number of hydrogen-bond donors (Lipinski definition) is 1. The first-order chi connectivity index (χ1) is 14.7. The van der Waals surface area contributed by atoms with Gasteiger partial charge in [-0.1, -0.05) is 60.7 Å². The highest BCUT2D eigenvalue weighted by Crippen LogP contribution is 2.46. The van der Waals surface area contributed by atoms with Crippen molar-refractivity contribution in [3.8, 4) is 0 Å². The number of rotatable bonds is 3. The molecule has 2 aromatic rings. The van der Waals surface area contributed by atoms with Gasteiger partial charge in [-0.15, -0.1) is 0 Å². The Balaban J connectivity index is 1.68. The van der Waals surface area contributed by atoms with Crippen molar-refractivity contribution in [3.05, 3.63) is 46.1 Å².